The van der Waals surface area contributed by atoms with Gasteiger partial charge in [0.15, 0.2) is 0 Å². The molecule has 1 aliphatic rings. The van der Waals surface area contributed by atoms with Gasteiger partial charge in [-0.1, -0.05) is 13.3 Å². The summed E-state index contributed by atoms with van der Waals surface area (Å²) < 4.78 is 0. The van der Waals surface area contributed by atoms with Crippen LogP contribution in [0.1, 0.15) is 36.5 Å². The number of hydrogen-bond donors (Lipinski definition) is 2. The molecule has 1 saturated carbocycles. The second kappa shape index (κ2) is 5.21. The predicted octanol–water partition coefficient (Wildman–Crippen LogP) is 3.23. The molecule has 0 aliphatic heterocycles. The molecule has 1 aromatic carbocycles. The van der Waals surface area contributed by atoms with E-state index in [-0.39, 0.29) is 0 Å². The second-order valence-electron chi connectivity index (χ2n) is 5.05. The van der Waals surface area contributed by atoms with Crippen LogP contribution in [0.4, 0.5) is 5.69 Å². The van der Waals surface area contributed by atoms with Crippen LogP contribution in [0.2, 0.25) is 0 Å². The topological polar surface area (TPSA) is 49.3 Å². The molecule has 3 heteroatoms. The first-order valence-electron chi connectivity index (χ1n) is 6.22. The maximum absolute atomic E-state index is 10.7. The monoisotopic (exact) mass is 233 g/mol. The largest absolute Gasteiger partial charge is 0.478 e. The number of nitrogens with one attached hydrogen (secondary N) is 1. The van der Waals surface area contributed by atoms with Gasteiger partial charge in [-0.15, -0.1) is 0 Å². The molecule has 0 spiro atoms. The van der Waals surface area contributed by atoms with Crippen LogP contribution in [0, 0.1) is 11.8 Å². The molecule has 1 aromatic rings. The van der Waals surface area contributed by atoms with Crippen molar-refractivity contribution in [1.29, 1.82) is 0 Å². The van der Waals surface area contributed by atoms with Crippen molar-refractivity contribution in [3.05, 3.63) is 29.8 Å². The molecule has 2 unspecified atom stereocenters. The van der Waals surface area contributed by atoms with Crippen LogP contribution in [-0.2, 0) is 0 Å². The Morgan fingerprint density at radius 2 is 2.06 bits per heavy atom. The van der Waals surface area contributed by atoms with Crippen molar-refractivity contribution < 1.29 is 9.90 Å². The Bertz CT molecular complexity index is 386. The van der Waals surface area contributed by atoms with Crippen molar-refractivity contribution in [2.24, 2.45) is 11.8 Å². The van der Waals surface area contributed by atoms with Gasteiger partial charge in [-0.3, -0.25) is 0 Å². The van der Waals surface area contributed by atoms with E-state index in [9.17, 15) is 4.79 Å². The summed E-state index contributed by atoms with van der Waals surface area (Å²) in [5.74, 6) is 0.751. The van der Waals surface area contributed by atoms with E-state index in [1.165, 1.54) is 19.3 Å². The average molecular weight is 233 g/mol. The fraction of sp³-hybridized carbons (Fsp3) is 0.500. The molecule has 0 radical (unpaired) electrons. The minimum Gasteiger partial charge on any atom is -0.478 e. The lowest BCUT2D eigenvalue weighted by atomic mass is 10.1. The molecule has 17 heavy (non-hydrogen) atoms. The quantitative estimate of drug-likeness (QED) is 0.839. The van der Waals surface area contributed by atoms with Gasteiger partial charge in [-0.25, -0.2) is 4.79 Å². The number of aromatic carboxylic acids is 1. The van der Waals surface area contributed by atoms with Gasteiger partial charge in [0, 0.05) is 12.2 Å². The lowest BCUT2D eigenvalue weighted by Gasteiger charge is -2.12. The van der Waals surface area contributed by atoms with E-state index in [4.69, 9.17) is 5.11 Å². The van der Waals surface area contributed by atoms with Crippen LogP contribution in [0.15, 0.2) is 24.3 Å². The van der Waals surface area contributed by atoms with Crippen LogP contribution in [-0.4, -0.2) is 17.6 Å². The van der Waals surface area contributed by atoms with Crippen molar-refractivity contribution in [2.75, 3.05) is 11.9 Å². The molecule has 2 rings (SSSR count). The van der Waals surface area contributed by atoms with Gasteiger partial charge in [0.05, 0.1) is 5.56 Å². The standard InChI is InChI=1S/C14H19NO2/c1-10-2-3-11(8-10)9-15-13-6-4-12(5-7-13)14(16)17/h4-7,10-11,15H,2-3,8-9H2,1H3,(H,16,17). The number of benzene rings is 1. The molecular formula is C14H19NO2. The first kappa shape index (κ1) is 12.0. The molecule has 1 aliphatic carbocycles. The first-order chi connectivity index (χ1) is 8.15. The fourth-order valence-electron chi connectivity index (χ4n) is 2.50. The molecule has 0 heterocycles. The van der Waals surface area contributed by atoms with Gasteiger partial charge in [-0.2, -0.15) is 0 Å². The predicted molar refractivity (Wildman–Crippen MR) is 68.4 cm³/mol. The molecule has 0 aromatic heterocycles. The van der Waals surface area contributed by atoms with Gasteiger partial charge < -0.3 is 10.4 Å². The lowest BCUT2D eigenvalue weighted by Crippen LogP contribution is -2.11. The number of carboxylic acid groups (broad SMARTS) is 1. The third kappa shape index (κ3) is 3.22. The van der Waals surface area contributed by atoms with E-state index in [1.807, 2.05) is 12.1 Å². The Labute approximate surface area is 102 Å². The molecule has 0 bridgehead atoms. The number of hydrogen-bond acceptors (Lipinski definition) is 2. The zero-order chi connectivity index (χ0) is 12.3. The van der Waals surface area contributed by atoms with E-state index in [0.717, 1.165) is 24.1 Å². The highest BCUT2D eigenvalue weighted by atomic mass is 16.4. The molecule has 1 fully saturated rings. The van der Waals surface area contributed by atoms with Crippen molar-refractivity contribution in [1.82, 2.24) is 0 Å². The first-order valence-corrected chi connectivity index (χ1v) is 6.22. The Kier molecular flexibility index (Phi) is 3.67. The SMILES string of the molecule is CC1CCC(CNc2ccc(C(=O)O)cc2)C1. The summed E-state index contributed by atoms with van der Waals surface area (Å²) in [6, 6.07) is 6.95. The zero-order valence-corrected chi connectivity index (χ0v) is 10.1. The smallest absolute Gasteiger partial charge is 0.335 e. The molecule has 2 N–H and O–H groups in total. The number of carbonyl (C=O) groups is 1. The van der Waals surface area contributed by atoms with E-state index in [0.29, 0.717) is 5.56 Å². The van der Waals surface area contributed by atoms with Gasteiger partial charge in [0.1, 0.15) is 0 Å². The molecule has 92 valence electrons. The van der Waals surface area contributed by atoms with Crippen LogP contribution in [0.25, 0.3) is 0 Å². The zero-order valence-electron chi connectivity index (χ0n) is 10.1. The van der Waals surface area contributed by atoms with Crippen LogP contribution >= 0.6 is 0 Å². The molecule has 0 saturated heterocycles. The van der Waals surface area contributed by atoms with Crippen LogP contribution < -0.4 is 5.32 Å². The Morgan fingerprint density at radius 1 is 1.35 bits per heavy atom. The summed E-state index contributed by atoms with van der Waals surface area (Å²) in [4.78, 5) is 10.7. The summed E-state index contributed by atoms with van der Waals surface area (Å²) in [6.45, 7) is 3.30. The van der Waals surface area contributed by atoms with E-state index in [1.54, 1.807) is 12.1 Å². The Morgan fingerprint density at radius 3 is 2.59 bits per heavy atom. The summed E-state index contributed by atoms with van der Waals surface area (Å²) in [7, 11) is 0. The summed E-state index contributed by atoms with van der Waals surface area (Å²) in [6.07, 6.45) is 3.95. The molecular weight excluding hydrogens is 214 g/mol. The highest BCUT2D eigenvalue weighted by Gasteiger charge is 2.20. The summed E-state index contributed by atoms with van der Waals surface area (Å²) >= 11 is 0. The van der Waals surface area contributed by atoms with E-state index in [2.05, 4.69) is 12.2 Å². The lowest BCUT2D eigenvalue weighted by molar-refractivity contribution is 0.0697. The summed E-state index contributed by atoms with van der Waals surface area (Å²) in [5.41, 5.74) is 1.35. The van der Waals surface area contributed by atoms with Crippen LogP contribution in [0.5, 0.6) is 0 Å². The Hall–Kier alpha value is -1.51. The third-order valence-corrected chi connectivity index (χ3v) is 3.53. The second-order valence-corrected chi connectivity index (χ2v) is 5.05. The van der Waals surface area contributed by atoms with Gasteiger partial charge in [-0.05, 0) is 48.9 Å². The van der Waals surface area contributed by atoms with Crippen molar-refractivity contribution >= 4 is 11.7 Å². The molecule has 3 nitrogen and oxygen atoms in total. The van der Waals surface area contributed by atoms with Gasteiger partial charge >= 0.3 is 5.97 Å². The highest BCUT2D eigenvalue weighted by molar-refractivity contribution is 5.87. The Balaban J connectivity index is 1.85. The minimum absolute atomic E-state index is 0.338. The maximum atomic E-state index is 10.7. The molecule has 0 amide bonds. The average Bonchev–Trinajstić information content (AvgIpc) is 2.73. The fourth-order valence-corrected chi connectivity index (χ4v) is 2.50. The van der Waals surface area contributed by atoms with E-state index < -0.39 is 5.97 Å². The van der Waals surface area contributed by atoms with Crippen LogP contribution in [0.3, 0.4) is 0 Å². The van der Waals surface area contributed by atoms with Crippen molar-refractivity contribution in [2.45, 2.75) is 26.2 Å². The molecule has 2 atom stereocenters. The minimum atomic E-state index is -0.874. The van der Waals surface area contributed by atoms with Crippen molar-refractivity contribution in [3.8, 4) is 0 Å². The van der Waals surface area contributed by atoms with Gasteiger partial charge in [0.25, 0.3) is 0 Å². The van der Waals surface area contributed by atoms with Crippen molar-refractivity contribution in [3.63, 3.8) is 0 Å². The highest BCUT2D eigenvalue weighted by Crippen LogP contribution is 2.30. The maximum Gasteiger partial charge on any atom is 0.335 e. The summed E-state index contributed by atoms with van der Waals surface area (Å²) in [5, 5.41) is 12.2. The normalized spacial score (nSPS) is 23.6. The van der Waals surface area contributed by atoms with Gasteiger partial charge in [0.2, 0.25) is 0 Å². The number of anilines is 1. The third-order valence-electron chi connectivity index (χ3n) is 3.53. The number of rotatable bonds is 4. The number of carboxylic acids is 1. The van der Waals surface area contributed by atoms with E-state index >= 15 is 0 Å².